The Bertz CT molecular complexity index is 383. The van der Waals surface area contributed by atoms with Gasteiger partial charge in [0.05, 0.1) is 14.2 Å². The predicted octanol–water partition coefficient (Wildman–Crippen LogP) is 2.04. The fourth-order valence-electron chi connectivity index (χ4n) is 1.49. The van der Waals surface area contributed by atoms with Gasteiger partial charge in [0.25, 0.3) is 0 Å². The van der Waals surface area contributed by atoms with Gasteiger partial charge in [-0.15, -0.1) is 0 Å². The van der Waals surface area contributed by atoms with Gasteiger partial charge in [-0.2, -0.15) is 4.39 Å². The van der Waals surface area contributed by atoms with Gasteiger partial charge in [-0.3, -0.25) is 0 Å². The molecule has 0 aliphatic carbocycles. The van der Waals surface area contributed by atoms with Crippen molar-refractivity contribution in [2.24, 2.45) is 5.73 Å². The van der Waals surface area contributed by atoms with Crippen LogP contribution in [0.25, 0.3) is 0 Å². The molecule has 0 heterocycles. The van der Waals surface area contributed by atoms with Gasteiger partial charge < -0.3 is 15.2 Å². The number of halogens is 2. The maximum Gasteiger partial charge on any atom is 0.204 e. The Morgan fingerprint density at radius 1 is 1.25 bits per heavy atom. The first kappa shape index (κ1) is 12.7. The van der Waals surface area contributed by atoms with Crippen LogP contribution in [0.2, 0.25) is 0 Å². The Balaban J connectivity index is 3.43. The topological polar surface area (TPSA) is 44.5 Å². The van der Waals surface area contributed by atoms with Gasteiger partial charge in [-0.05, 0) is 18.5 Å². The molecule has 0 saturated carbocycles. The van der Waals surface area contributed by atoms with E-state index in [-0.39, 0.29) is 17.4 Å². The Morgan fingerprint density at radius 3 is 2.25 bits per heavy atom. The molecule has 0 radical (unpaired) electrons. The molecule has 5 heteroatoms. The van der Waals surface area contributed by atoms with Crippen LogP contribution in [-0.2, 0) is 0 Å². The number of ether oxygens (including phenoxy) is 2. The molecular weight excluding hydrogens is 216 g/mol. The summed E-state index contributed by atoms with van der Waals surface area (Å²) in [6.07, 6.45) is 0. The number of nitrogens with two attached hydrogens (primary N) is 1. The van der Waals surface area contributed by atoms with E-state index in [1.54, 1.807) is 6.92 Å². The highest BCUT2D eigenvalue weighted by Crippen LogP contribution is 2.38. The standard InChI is InChI=1S/C11H15F2NO2/c1-6(5-14)7-4-8(12)9(13)11(16-3)10(7)15-2/h4,6H,5,14H2,1-3H3. The molecule has 16 heavy (non-hydrogen) atoms. The molecule has 2 N–H and O–H groups in total. The van der Waals surface area contributed by atoms with E-state index in [0.717, 1.165) is 6.07 Å². The molecule has 1 unspecified atom stereocenters. The number of benzene rings is 1. The van der Waals surface area contributed by atoms with Crippen molar-refractivity contribution < 1.29 is 18.3 Å². The molecular formula is C11H15F2NO2. The molecule has 90 valence electrons. The molecule has 1 atom stereocenters. The van der Waals surface area contributed by atoms with Gasteiger partial charge in [-0.1, -0.05) is 6.92 Å². The molecule has 0 saturated heterocycles. The molecule has 0 bridgehead atoms. The second-order valence-corrected chi connectivity index (χ2v) is 3.46. The zero-order chi connectivity index (χ0) is 12.3. The summed E-state index contributed by atoms with van der Waals surface area (Å²) in [5, 5.41) is 0. The normalized spacial score (nSPS) is 12.4. The highest BCUT2D eigenvalue weighted by atomic mass is 19.2. The van der Waals surface area contributed by atoms with Crippen molar-refractivity contribution in [1.82, 2.24) is 0 Å². The lowest BCUT2D eigenvalue weighted by atomic mass is 9.99. The molecule has 3 nitrogen and oxygen atoms in total. The van der Waals surface area contributed by atoms with E-state index in [4.69, 9.17) is 15.2 Å². The summed E-state index contributed by atoms with van der Waals surface area (Å²) in [6.45, 7) is 2.11. The second-order valence-electron chi connectivity index (χ2n) is 3.46. The van der Waals surface area contributed by atoms with Crippen LogP contribution in [0.15, 0.2) is 6.07 Å². The van der Waals surface area contributed by atoms with Crippen molar-refractivity contribution in [2.45, 2.75) is 12.8 Å². The highest BCUT2D eigenvalue weighted by molar-refractivity contribution is 5.49. The van der Waals surface area contributed by atoms with E-state index in [9.17, 15) is 8.78 Å². The maximum absolute atomic E-state index is 13.4. The Morgan fingerprint density at radius 2 is 1.81 bits per heavy atom. The first-order valence-electron chi connectivity index (χ1n) is 4.86. The third-order valence-corrected chi connectivity index (χ3v) is 2.45. The van der Waals surface area contributed by atoms with Crippen LogP contribution in [0.4, 0.5) is 8.78 Å². The fraction of sp³-hybridized carbons (Fsp3) is 0.455. The van der Waals surface area contributed by atoms with Crippen molar-refractivity contribution in [3.05, 3.63) is 23.3 Å². The van der Waals surface area contributed by atoms with E-state index in [1.165, 1.54) is 14.2 Å². The minimum Gasteiger partial charge on any atom is -0.492 e. The second kappa shape index (κ2) is 5.12. The summed E-state index contributed by atoms with van der Waals surface area (Å²) in [5.41, 5.74) is 6.00. The molecule has 1 aromatic rings. The van der Waals surface area contributed by atoms with Gasteiger partial charge >= 0.3 is 0 Å². The van der Waals surface area contributed by atoms with Gasteiger partial charge in [0.15, 0.2) is 17.3 Å². The van der Waals surface area contributed by atoms with Crippen molar-refractivity contribution in [2.75, 3.05) is 20.8 Å². The monoisotopic (exact) mass is 231 g/mol. The van der Waals surface area contributed by atoms with Crippen LogP contribution in [0.1, 0.15) is 18.4 Å². The van der Waals surface area contributed by atoms with Crippen LogP contribution >= 0.6 is 0 Å². The van der Waals surface area contributed by atoms with E-state index in [1.807, 2.05) is 0 Å². The van der Waals surface area contributed by atoms with Crippen molar-refractivity contribution in [1.29, 1.82) is 0 Å². The first-order valence-corrected chi connectivity index (χ1v) is 4.86. The molecule has 0 fully saturated rings. The average molecular weight is 231 g/mol. The minimum atomic E-state index is -1.05. The molecule has 0 amide bonds. The van der Waals surface area contributed by atoms with Crippen molar-refractivity contribution >= 4 is 0 Å². The van der Waals surface area contributed by atoms with Crippen LogP contribution in [0.5, 0.6) is 11.5 Å². The van der Waals surface area contributed by atoms with E-state index in [2.05, 4.69) is 0 Å². The average Bonchev–Trinajstić information content (AvgIpc) is 2.30. The molecule has 0 aliphatic rings. The number of methoxy groups -OCH3 is 2. The number of hydrogen-bond acceptors (Lipinski definition) is 3. The Labute approximate surface area is 93.2 Å². The largest absolute Gasteiger partial charge is 0.492 e. The van der Waals surface area contributed by atoms with Crippen LogP contribution in [0, 0.1) is 11.6 Å². The predicted molar refractivity (Wildman–Crippen MR) is 56.9 cm³/mol. The molecule has 0 spiro atoms. The van der Waals surface area contributed by atoms with Gasteiger partial charge in [0.2, 0.25) is 5.82 Å². The lowest BCUT2D eigenvalue weighted by Crippen LogP contribution is -2.12. The van der Waals surface area contributed by atoms with E-state index >= 15 is 0 Å². The number of rotatable bonds is 4. The fourth-order valence-corrected chi connectivity index (χ4v) is 1.49. The van der Waals surface area contributed by atoms with Gasteiger partial charge in [0.1, 0.15) is 0 Å². The molecule has 1 rings (SSSR count). The smallest absolute Gasteiger partial charge is 0.204 e. The lowest BCUT2D eigenvalue weighted by molar-refractivity contribution is 0.324. The number of hydrogen-bond donors (Lipinski definition) is 1. The van der Waals surface area contributed by atoms with Gasteiger partial charge in [-0.25, -0.2) is 4.39 Å². The Kier molecular flexibility index (Phi) is 4.06. The summed E-state index contributed by atoms with van der Waals surface area (Å²) in [4.78, 5) is 0. The maximum atomic E-state index is 13.4. The van der Waals surface area contributed by atoms with E-state index in [0.29, 0.717) is 12.1 Å². The minimum absolute atomic E-state index is 0.140. The highest BCUT2D eigenvalue weighted by Gasteiger charge is 2.22. The van der Waals surface area contributed by atoms with Gasteiger partial charge in [0, 0.05) is 5.56 Å². The Hall–Kier alpha value is -1.36. The van der Waals surface area contributed by atoms with Crippen molar-refractivity contribution in [3.8, 4) is 11.5 Å². The van der Waals surface area contributed by atoms with Crippen LogP contribution < -0.4 is 15.2 Å². The summed E-state index contributed by atoms with van der Waals surface area (Å²) < 4.78 is 36.5. The lowest BCUT2D eigenvalue weighted by Gasteiger charge is -2.17. The van der Waals surface area contributed by atoms with E-state index < -0.39 is 11.6 Å². The third-order valence-electron chi connectivity index (χ3n) is 2.45. The molecule has 0 aromatic heterocycles. The SMILES string of the molecule is COc1c(C(C)CN)cc(F)c(F)c1OC. The summed E-state index contributed by atoms with van der Waals surface area (Å²) in [7, 11) is 2.64. The summed E-state index contributed by atoms with van der Waals surface area (Å²) >= 11 is 0. The summed E-state index contributed by atoms with van der Waals surface area (Å²) in [5.74, 6) is -2.18. The third kappa shape index (κ3) is 2.09. The van der Waals surface area contributed by atoms with Crippen LogP contribution in [0.3, 0.4) is 0 Å². The molecule has 0 aliphatic heterocycles. The van der Waals surface area contributed by atoms with Crippen molar-refractivity contribution in [3.63, 3.8) is 0 Å². The molecule has 1 aromatic carbocycles. The zero-order valence-corrected chi connectivity index (χ0v) is 9.51. The summed E-state index contributed by atoms with van der Waals surface area (Å²) in [6, 6.07) is 1.09. The quantitative estimate of drug-likeness (QED) is 0.862. The first-order chi connectivity index (χ1) is 7.56. The van der Waals surface area contributed by atoms with Crippen LogP contribution in [-0.4, -0.2) is 20.8 Å². The zero-order valence-electron chi connectivity index (χ0n) is 9.51.